The van der Waals surface area contributed by atoms with E-state index in [1.807, 2.05) is 4.90 Å². The van der Waals surface area contributed by atoms with E-state index < -0.39 is 5.41 Å². The number of aromatic nitrogens is 2. The summed E-state index contributed by atoms with van der Waals surface area (Å²) in [4.78, 5) is 49.4. The lowest BCUT2D eigenvalue weighted by atomic mass is 9.73. The van der Waals surface area contributed by atoms with Crippen molar-refractivity contribution in [2.75, 3.05) is 32.7 Å². The third-order valence-corrected chi connectivity index (χ3v) is 8.01. The standard InChI is InChI=1S/C24H38N6O3/c1-17-21(27-16-26-17)15-29-10-6-20-19(14-29)5-3-4-7-24(23(33)25-13-22(32)28-20)8-11-30(12-9-24)18(2)31/h16,19-20H,3-15H2,1-2H3,(H,25,33)(H,26,27)(H,28,32)/t19-,20-/m0/s1. The van der Waals surface area contributed by atoms with E-state index in [9.17, 15) is 14.4 Å². The quantitative estimate of drug-likeness (QED) is 0.620. The maximum atomic E-state index is 13.1. The second kappa shape index (κ2) is 10.2. The number of carbonyl (C=O) groups excluding carboxylic acids is 3. The molecule has 3 saturated heterocycles. The van der Waals surface area contributed by atoms with Crippen molar-refractivity contribution in [3.63, 3.8) is 0 Å². The number of aryl methyl sites for hydroxylation is 1. The van der Waals surface area contributed by atoms with Crippen LogP contribution < -0.4 is 10.6 Å². The first kappa shape index (κ1) is 23.7. The van der Waals surface area contributed by atoms with E-state index >= 15 is 0 Å². The second-order valence-electron chi connectivity index (χ2n) is 10.1. The Balaban J connectivity index is 1.40. The van der Waals surface area contributed by atoms with E-state index in [2.05, 4.69) is 32.4 Å². The summed E-state index contributed by atoms with van der Waals surface area (Å²) in [7, 11) is 0. The van der Waals surface area contributed by atoms with Gasteiger partial charge in [-0.05, 0) is 44.9 Å². The molecule has 4 rings (SSSR count). The van der Waals surface area contributed by atoms with Crippen molar-refractivity contribution in [3.05, 3.63) is 17.7 Å². The molecule has 182 valence electrons. The van der Waals surface area contributed by atoms with Crippen LogP contribution in [-0.2, 0) is 20.9 Å². The maximum absolute atomic E-state index is 13.1. The summed E-state index contributed by atoms with van der Waals surface area (Å²) in [5.74, 6) is 0.331. The van der Waals surface area contributed by atoms with Gasteiger partial charge in [-0.1, -0.05) is 12.8 Å². The molecule has 9 heteroatoms. The Kier molecular flexibility index (Phi) is 7.36. The zero-order valence-electron chi connectivity index (χ0n) is 20.0. The van der Waals surface area contributed by atoms with Gasteiger partial charge in [0.2, 0.25) is 17.7 Å². The predicted molar refractivity (Wildman–Crippen MR) is 124 cm³/mol. The minimum absolute atomic E-state index is 0.0242. The molecule has 3 fully saturated rings. The molecule has 3 N–H and O–H groups in total. The summed E-state index contributed by atoms with van der Waals surface area (Å²) >= 11 is 0. The Labute approximate surface area is 196 Å². The monoisotopic (exact) mass is 458 g/mol. The zero-order valence-corrected chi connectivity index (χ0v) is 20.0. The minimum atomic E-state index is -0.471. The molecule has 1 aromatic heterocycles. The lowest BCUT2D eigenvalue weighted by Gasteiger charge is -2.42. The number of aromatic amines is 1. The van der Waals surface area contributed by atoms with Gasteiger partial charge in [0.1, 0.15) is 0 Å². The molecular formula is C24H38N6O3. The van der Waals surface area contributed by atoms with E-state index in [0.717, 1.165) is 63.1 Å². The molecule has 0 aliphatic carbocycles. The van der Waals surface area contributed by atoms with Gasteiger partial charge in [0.25, 0.3) is 0 Å². The van der Waals surface area contributed by atoms with Crippen LogP contribution in [-0.4, -0.2) is 76.3 Å². The number of carbonyl (C=O) groups is 3. The maximum Gasteiger partial charge on any atom is 0.239 e. The SMILES string of the molecule is CC(=O)N1CCC2(CCCC[C@H]3CN(Cc4nc[nH]c4C)CC[C@@H]3NC(=O)CNC2=O)CC1. The van der Waals surface area contributed by atoms with E-state index in [0.29, 0.717) is 31.8 Å². The number of amides is 3. The molecule has 2 atom stereocenters. The smallest absolute Gasteiger partial charge is 0.239 e. The molecule has 3 aliphatic heterocycles. The van der Waals surface area contributed by atoms with Crippen molar-refractivity contribution in [3.8, 4) is 0 Å². The molecule has 0 unspecified atom stereocenters. The third-order valence-electron chi connectivity index (χ3n) is 8.01. The number of likely N-dealkylation sites (tertiary alicyclic amines) is 2. The van der Waals surface area contributed by atoms with Crippen molar-refractivity contribution >= 4 is 17.7 Å². The molecule has 1 spiro atoms. The first-order chi connectivity index (χ1) is 15.9. The van der Waals surface area contributed by atoms with Gasteiger partial charge in [0.15, 0.2) is 0 Å². The van der Waals surface area contributed by atoms with Crippen molar-refractivity contribution in [2.45, 2.75) is 71.4 Å². The summed E-state index contributed by atoms with van der Waals surface area (Å²) in [5.41, 5.74) is 1.73. The molecule has 33 heavy (non-hydrogen) atoms. The Bertz CT molecular complexity index is 860. The van der Waals surface area contributed by atoms with Crippen LogP contribution in [0.2, 0.25) is 0 Å². The van der Waals surface area contributed by atoms with Crippen LogP contribution >= 0.6 is 0 Å². The second-order valence-corrected chi connectivity index (χ2v) is 10.1. The molecular weight excluding hydrogens is 420 g/mol. The average molecular weight is 459 g/mol. The highest BCUT2D eigenvalue weighted by Crippen LogP contribution is 2.38. The molecule has 0 radical (unpaired) electrons. The summed E-state index contributed by atoms with van der Waals surface area (Å²) in [6.45, 7) is 7.59. The number of rotatable bonds is 2. The number of piperidine rings is 2. The van der Waals surface area contributed by atoms with Crippen LogP contribution in [0.1, 0.15) is 63.3 Å². The Morgan fingerprint density at radius 1 is 1.15 bits per heavy atom. The summed E-state index contributed by atoms with van der Waals surface area (Å²) < 4.78 is 0. The van der Waals surface area contributed by atoms with Gasteiger partial charge >= 0.3 is 0 Å². The van der Waals surface area contributed by atoms with Gasteiger partial charge in [0, 0.05) is 51.4 Å². The van der Waals surface area contributed by atoms with E-state index in [4.69, 9.17) is 0 Å². The molecule has 0 aromatic carbocycles. The van der Waals surface area contributed by atoms with E-state index in [1.54, 1.807) is 13.3 Å². The highest BCUT2D eigenvalue weighted by Gasteiger charge is 2.42. The average Bonchev–Trinajstić information content (AvgIpc) is 3.20. The fourth-order valence-electron chi connectivity index (χ4n) is 5.81. The van der Waals surface area contributed by atoms with Crippen molar-refractivity contribution < 1.29 is 14.4 Å². The summed E-state index contributed by atoms with van der Waals surface area (Å²) in [6, 6.07) is 0.151. The van der Waals surface area contributed by atoms with Gasteiger partial charge in [-0.2, -0.15) is 0 Å². The molecule has 1 aromatic rings. The van der Waals surface area contributed by atoms with Gasteiger partial charge in [-0.15, -0.1) is 0 Å². The number of fused-ring (bicyclic) bond motifs is 1. The van der Waals surface area contributed by atoms with Crippen LogP contribution in [0.15, 0.2) is 6.33 Å². The van der Waals surface area contributed by atoms with Crippen LogP contribution in [0.25, 0.3) is 0 Å². The van der Waals surface area contributed by atoms with Gasteiger partial charge in [-0.3, -0.25) is 19.3 Å². The van der Waals surface area contributed by atoms with Crippen LogP contribution in [0.3, 0.4) is 0 Å². The topological polar surface area (TPSA) is 110 Å². The number of hydrogen-bond acceptors (Lipinski definition) is 5. The predicted octanol–water partition coefficient (Wildman–Crippen LogP) is 1.34. The Hall–Kier alpha value is -2.42. The van der Waals surface area contributed by atoms with E-state index in [1.165, 1.54) is 0 Å². The lowest BCUT2D eigenvalue weighted by molar-refractivity contribution is -0.141. The van der Waals surface area contributed by atoms with Gasteiger partial charge in [-0.25, -0.2) is 4.98 Å². The molecule has 0 saturated carbocycles. The fraction of sp³-hybridized carbons (Fsp3) is 0.750. The number of nitrogens with one attached hydrogen (secondary N) is 3. The van der Waals surface area contributed by atoms with Crippen molar-refractivity contribution in [2.24, 2.45) is 11.3 Å². The summed E-state index contributed by atoms with van der Waals surface area (Å²) in [5, 5.41) is 6.12. The highest BCUT2D eigenvalue weighted by atomic mass is 16.2. The van der Waals surface area contributed by atoms with Gasteiger partial charge < -0.3 is 20.5 Å². The fourth-order valence-corrected chi connectivity index (χ4v) is 5.81. The first-order valence-corrected chi connectivity index (χ1v) is 12.4. The zero-order chi connectivity index (χ0) is 23.4. The minimum Gasteiger partial charge on any atom is -0.351 e. The number of hydrogen-bond donors (Lipinski definition) is 3. The molecule has 9 nitrogen and oxygen atoms in total. The third kappa shape index (κ3) is 5.57. The van der Waals surface area contributed by atoms with Crippen molar-refractivity contribution in [1.29, 1.82) is 0 Å². The Morgan fingerprint density at radius 3 is 2.64 bits per heavy atom. The molecule has 3 amide bonds. The van der Waals surface area contributed by atoms with Crippen molar-refractivity contribution in [1.82, 2.24) is 30.4 Å². The molecule has 3 aliphatic rings. The molecule has 4 heterocycles. The van der Waals surface area contributed by atoms with Crippen LogP contribution in [0.5, 0.6) is 0 Å². The largest absolute Gasteiger partial charge is 0.351 e. The van der Waals surface area contributed by atoms with Gasteiger partial charge in [0.05, 0.1) is 24.0 Å². The van der Waals surface area contributed by atoms with Crippen LogP contribution in [0.4, 0.5) is 0 Å². The number of H-pyrrole nitrogens is 1. The van der Waals surface area contributed by atoms with Crippen LogP contribution in [0, 0.1) is 18.3 Å². The molecule has 0 bridgehead atoms. The van der Waals surface area contributed by atoms with E-state index in [-0.39, 0.29) is 30.3 Å². The number of nitrogens with zero attached hydrogens (tertiary/aromatic N) is 3. The highest BCUT2D eigenvalue weighted by molar-refractivity contribution is 5.88. The normalized spacial score (nSPS) is 27.2. The first-order valence-electron chi connectivity index (χ1n) is 12.4. The number of imidazole rings is 1. The Morgan fingerprint density at radius 2 is 1.94 bits per heavy atom. The summed E-state index contributed by atoms with van der Waals surface area (Å²) in [6.07, 6.45) is 7.89. The lowest BCUT2D eigenvalue weighted by Crippen LogP contribution is -2.54.